The zero-order valence-electron chi connectivity index (χ0n) is 9.01. The van der Waals surface area contributed by atoms with Crippen molar-refractivity contribution in [1.29, 1.82) is 0 Å². The highest BCUT2D eigenvalue weighted by Crippen LogP contribution is 2.12. The Balaban J connectivity index is 2.24. The Bertz CT molecular complexity index is 455. The summed E-state index contributed by atoms with van der Waals surface area (Å²) in [5.74, 6) is 0.738. The molecule has 16 heavy (non-hydrogen) atoms. The lowest BCUT2D eigenvalue weighted by molar-refractivity contribution is 0.101. The number of aryl methyl sites for hydroxylation is 1. The van der Waals surface area contributed by atoms with Crippen LogP contribution >= 0.6 is 0 Å². The van der Waals surface area contributed by atoms with Crippen molar-refractivity contribution < 1.29 is 9.21 Å². The molecule has 0 aliphatic carbocycles. The number of ketones is 1. The van der Waals surface area contributed by atoms with Crippen LogP contribution < -0.4 is 5.73 Å². The van der Waals surface area contributed by atoms with Crippen LogP contribution in [-0.4, -0.2) is 15.6 Å². The minimum Gasteiger partial charge on any atom is -0.456 e. The zero-order chi connectivity index (χ0) is 11.5. The van der Waals surface area contributed by atoms with E-state index in [1.54, 1.807) is 23.0 Å². The van der Waals surface area contributed by atoms with Gasteiger partial charge in [-0.3, -0.25) is 9.48 Å². The van der Waals surface area contributed by atoms with Crippen LogP contribution in [0.2, 0.25) is 0 Å². The summed E-state index contributed by atoms with van der Waals surface area (Å²) in [6.07, 6.45) is 3.24. The molecule has 0 saturated heterocycles. The maximum atomic E-state index is 11.9. The molecule has 2 aromatic heterocycles. The lowest BCUT2D eigenvalue weighted by Gasteiger charge is -1.93. The van der Waals surface area contributed by atoms with Gasteiger partial charge in [0.15, 0.2) is 5.76 Å². The molecule has 0 spiro atoms. The normalized spacial score (nSPS) is 10.6. The van der Waals surface area contributed by atoms with Crippen LogP contribution in [0.25, 0.3) is 0 Å². The van der Waals surface area contributed by atoms with Gasteiger partial charge in [-0.1, -0.05) is 0 Å². The summed E-state index contributed by atoms with van der Waals surface area (Å²) in [5.41, 5.74) is 5.93. The molecule has 0 amide bonds. The second-order valence-corrected chi connectivity index (χ2v) is 3.38. The summed E-state index contributed by atoms with van der Waals surface area (Å²) < 4.78 is 6.97. The van der Waals surface area contributed by atoms with Crippen molar-refractivity contribution in [2.45, 2.75) is 20.0 Å². The van der Waals surface area contributed by atoms with Gasteiger partial charge in [0.25, 0.3) is 0 Å². The van der Waals surface area contributed by atoms with E-state index in [9.17, 15) is 4.79 Å². The van der Waals surface area contributed by atoms with E-state index >= 15 is 0 Å². The van der Waals surface area contributed by atoms with Crippen LogP contribution in [0.15, 0.2) is 28.9 Å². The van der Waals surface area contributed by atoms with Crippen LogP contribution in [0.4, 0.5) is 0 Å². The first kappa shape index (κ1) is 10.6. The minimum atomic E-state index is -0.167. The van der Waals surface area contributed by atoms with Gasteiger partial charge in [0.1, 0.15) is 5.76 Å². The summed E-state index contributed by atoms with van der Waals surface area (Å²) in [5, 5.41) is 4.04. The van der Waals surface area contributed by atoms with Gasteiger partial charge in [0.2, 0.25) is 5.78 Å². The first-order valence-electron chi connectivity index (χ1n) is 5.10. The van der Waals surface area contributed by atoms with Gasteiger partial charge in [-0.25, -0.2) is 0 Å². The molecule has 2 N–H and O–H groups in total. The quantitative estimate of drug-likeness (QED) is 0.784. The number of carbonyl (C=O) groups is 1. The highest BCUT2D eigenvalue weighted by Gasteiger charge is 2.14. The molecule has 2 aromatic rings. The molecule has 5 heteroatoms. The van der Waals surface area contributed by atoms with Crippen LogP contribution in [0, 0.1) is 0 Å². The average molecular weight is 219 g/mol. The van der Waals surface area contributed by atoms with E-state index in [4.69, 9.17) is 10.2 Å². The van der Waals surface area contributed by atoms with E-state index in [0.717, 1.165) is 6.54 Å². The molecule has 2 rings (SSSR count). The molecular weight excluding hydrogens is 206 g/mol. The van der Waals surface area contributed by atoms with Crippen molar-refractivity contribution in [3.63, 3.8) is 0 Å². The van der Waals surface area contributed by atoms with Gasteiger partial charge in [-0.05, 0) is 19.1 Å². The number of nitrogens with zero attached hydrogens (tertiary/aromatic N) is 2. The molecule has 0 fully saturated rings. The van der Waals surface area contributed by atoms with Crippen LogP contribution in [-0.2, 0) is 13.1 Å². The summed E-state index contributed by atoms with van der Waals surface area (Å²) in [7, 11) is 0. The number of rotatable bonds is 4. The van der Waals surface area contributed by atoms with Crippen LogP contribution in [0.1, 0.15) is 28.8 Å². The number of hydrogen-bond donors (Lipinski definition) is 1. The fraction of sp³-hybridized carbons (Fsp3) is 0.273. The molecule has 84 valence electrons. The fourth-order valence-electron chi connectivity index (χ4n) is 1.41. The van der Waals surface area contributed by atoms with E-state index in [2.05, 4.69) is 5.10 Å². The smallest absolute Gasteiger partial charge is 0.231 e. The molecule has 0 saturated carbocycles. The molecule has 0 aliphatic rings. The Hall–Kier alpha value is -1.88. The highest BCUT2D eigenvalue weighted by atomic mass is 16.3. The zero-order valence-corrected chi connectivity index (χ0v) is 9.01. The molecule has 0 bridgehead atoms. The molecule has 0 atom stereocenters. The monoisotopic (exact) mass is 219 g/mol. The first-order chi connectivity index (χ1) is 7.74. The second kappa shape index (κ2) is 4.32. The maximum absolute atomic E-state index is 11.9. The third kappa shape index (κ3) is 1.90. The Kier molecular flexibility index (Phi) is 2.87. The number of furan rings is 1. The van der Waals surface area contributed by atoms with Crippen molar-refractivity contribution >= 4 is 5.78 Å². The molecule has 5 nitrogen and oxygen atoms in total. The van der Waals surface area contributed by atoms with E-state index < -0.39 is 0 Å². The van der Waals surface area contributed by atoms with Gasteiger partial charge in [-0.2, -0.15) is 5.10 Å². The summed E-state index contributed by atoms with van der Waals surface area (Å²) >= 11 is 0. The number of aromatic nitrogens is 2. The molecule has 0 aromatic carbocycles. The van der Waals surface area contributed by atoms with E-state index in [1.165, 1.54) is 6.20 Å². The topological polar surface area (TPSA) is 74.0 Å². The van der Waals surface area contributed by atoms with Gasteiger partial charge in [0, 0.05) is 12.7 Å². The number of nitrogens with two attached hydrogens (primary N) is 1. The molecule has 0 unspecified atom stereocenters. The lowest BCUT2D eigenvalue weighted by Crippen LogP contribution is -1.99. The first-order valence-corrected chi connectivity index (χ1v) is 5.10. The van der Waals surface area contributed by atoms with Crippen LogP contribution in [0.3, 0.4) is 0 Å². The van der Waals surface area contributed by atoms with E-state index in [1.807, 2.05) is 6.92 Å². The Morgan fingerprint density at radius 3 is 2.94 bits per heavy atom. The predicted octanol–water partition coefficient (Wildman–Crippen LogP) is 1.19. The lowest BCUT2D eigenvalue weighted by atomic mass is 10.2. The van der Waals surface area contributed by atoms with E-state index in [-0.39, 0.29) is 5.78 Å². The van der Waals surface area contributed by atoms with Gasteiger partial charge in [-0.15, -0.1) is 0 Å². The largest absolute Gasteiger partial charge is 0.456 e. The fourth-order valence-corrected chi connectivity index (χ4v) is 1.41. The molecule has 0 aliphatic heterocycles. The highest BCUT2D eigenvalue weighted by molar-refractivity contribution is 6.06. The SMILES string of the molecule is CCn1cc(C(=O)c2ccc(CN)o2)cn1. The van der Waals surface area contributed by atoms with Crippen molar-refractivity contribution in [1.82, 2.24) is 9.78 Å². The van der Waals surface area contributed by atoms with Crippen molar-refractivity contribution in [3.8, 4) is 0 Å². The van der Waals surface area contributed by atoms with Crippen molar-refractivity contribution in [3.05, 3.63) is 41.6 Å². The van der Waals surface area contributed by atoms with Gasteiger partial charge < -0.3 is 10.2 Å². The number of carbonyl (C=O) groups excluding carboxylic acids is 1. The Labute approximate surface area is 92.9 Å². The van der Waals surface area contributed by atoms with Gasteiger partial charge in [0.05, 0.1) is 18.3 Å². The molecule has 2 heterocycles. The standard InChI is InChI=1S/C11H13N3O2/c1-2-14-7-8(6-13-14)11(15)10-4-3-9(5-12)16-10/h3-4,6-7H,2,5,12H2,1H3. The Morgan fingerprint density at radius 1 is 1.56 bits per heavy atom. The number of hydrogen-bond acceptors (Lipinski definition) is 4. The summed E-state index contributed by atoms with van der Waals surface area (Å²) in [4.78, 5) is 11.9. The van der Waals surface area contributed by atoms with E-state index in [0.29, 0.717) is 23.6 Å². The third-order valence-corrected chi connectivity index (χ3v) is 2.31. The maximum Gasteiger partial charge on any atom is 0.231 e. The minimum absolute atomic E-state index is 0.167. The molecular formula is C11H13N3O2. The van der Waals surface area contributed by atoms with Crippen LogP contribution in [0.5, 0.6) is 0 Å². The predicted molar refractivity (Wildman–Crippen MR) is 57.9 cm³/mol. The summed E-state index contributed by atoms with van der Waals surface area (Å²) in [6.45, 7) is 2.99. The third-order valence-electron chi connectivity index (χ3n) is 2.31. The van der Waals surface area contributed by atoms with Crippen molar-refractivity contribution in [2.24, 2.45) is 5.73 Å². The summed E-state index contributed by atoms with van der Waals surface area (Å²) in [6, 6.07) is 3.34. The second-order valence-electron chi connectivity index (χ2n) is 3.38. The van der Waals surface area contributed by atoms with Crippen molar-refractivity contribution in [2.75, 3.05) is 0 Å². The molecule has 0 radical (unpaired) electrons. The average Bonchev–Trinajstić information content (AvgIpc) is 2.97. The Morgan fingerprint density at radius 2 is 2.38 bits per heavy atom. The van der Waals surface area contributed by atoms with Gasteiger partial charge >= 0.3 is 0 Å².